The lowest BCUT2D eigenvalue weighted by Crippen LogP contribution is -2.27. The number of hydrogen-bond donors (Lipinski definition) is 1. The molecule has 2 aromatic carbocycles. The Kier molecular flexibility index (Phi) is 6.02. The molecule has 1 amide bonds. The second-order valence-electron chi connectivity index (χ2n) is 8.36. The highest BCUT2D eigenvalue weighted by Gasteiger charge is 2.30. The van der Waals surface area contributed by atoms with Crippen LogP contribution in [0.1, 0.15) is 12.5 Å². The molecule has 12 heteroatoms. The molecule has 5 rings (SSSR count). The second-order valence-corrected chi connectivity index (χ2v) is 8.36. The van der Waals surface area contributed by atoms with Gasteiger partial charge in [-0.15, -0.1) is 0 Å². The van der Waals surface area contributed by atoms with E-state index in [-0.39, 0.29) is 35.0 Å². The number of amides is 1. The van der Waals surface area contributed by atoms with Gasteiger partial charge in [0, 0.05) is 42.7 Å². The highest BCUT2D eigenvalue weighted by atomic mass is 19.2. The van der Waals surface area contributed by atoms with Crippen molar-refractivity contribution in [1.29, 1.82) is 0 Å². The molecule has 1 atom stereocenters. The van der Waals surface area contributed by atoms with Gasteiger partial charge in [-0.2, -0.15) is 13.9 Å². The third-order valence-corrected chi connectivity index (χ3v) is 6.11. The molecule has 1 fully saturated rings. The Hall–Kier alpha value is -4.48. The van der Waals surface area contributed by atoms with Gasteiger partial charge in [-0.3, -0.25) is 4.79 Å². The molecule has 0 saturated carbocycles. The zero-order chi connectivity index (χ0) is 26.4. The van der Waals surface area contributed by atoms with Gasteiger partial charge in [0.25, 0.3) is 0 Å². The van der Waals surface area contributed by atoms with Crippen LogP contribution in [-0.2, 0) is 4.79 Å². The van der Waals surface area contributed by atoms with Gasteiger partial charge in [0.2, 0.25) is 23.3 Å². The molecule has 0 bridgehead atoms. The first-order chi connectivity index (χ1) is 17.7. The number of anilines is 1. The van der Waals surface area contributed by atoms with Crippen LogP contribution in [0, 0.1) is 29.1 Å². The van der Waals surface area contributed by atoms with E-state index < -0.39 is 40.6 Å². The minimum atomic E-state index is -1.76. The molecule has 1 aliphatic heterocycles. The second kappa shape index (κ2) is 9.19. The number of nitrogens with two attached hydrogens (primary N) is 1. The molecule has 4 aromatic rings. The number of benzene rings is 2. The predicted octanol–water partition coefficient (Wildman–Crippen LogP) is 5.13. The van der Waals surface area contributed by atoms with Gasteiger partial charge in [-0.05, 0) is 30.7 Å². The zero-order valence-corrected chi connectivity index (χ0v) is 19.0. The summed E-state index contributed by atoms with van der Waals surface area (Å²) >= 11 is 0. The summed E-state index contributed by atoms with van der Waals surface area (Å²) in [4.78, 5) is 18.0. The van der Waals surface area contributed by atoms with Crippen LogP contribution in [0.4, 0.5) is 27.6 Å². The molecule has 37 heavy (non-hydrogen) atoms. The summed E-state index contributed by atoms with van der Waals surface area (Å²) in [6.07, 6.45) is 3.28. The number of fused-ring (bicyclic) bond motifs is 1. The van der Waals surface area contributed by atoms with Crippen LogP contribution in [0.25, 0.3) is 22.3 Å². The molecule has 2 aromatic heterocycles. The van der Waals surface area contributed by atoms with Gasteiger partial charge in [-0.1, -0.05) is 6.58 Å². The van der Waals surface area contributed by atoms with Crippen LogP contribution < -0.4 is 10.5 Å². The van der Waals surface area contributed by atoms with Crippen LogP contribution >= 0.6 is 0 Å². The normalized spacial score (nSPS) is 15.4. The smallest absolute Gasteiger partial charge is 0.246 e. The van der Waals surface area contributed by atoms with Gasteiger partial charge in [0.1, 0.15) is 17.3 Å². The fourth-order valence-corrected chi connectivity index (χ4v) is 4.31. The highest BCUT2D eigenvalue weighted by Crippen LogP contribution is 2.38. The summed E-state index contributed by atoms with van der Waals surface area (Å²) in [5.41, 5.74) is 6.95. The van der Waals surface area contributed by atoms with E-state index in [1.807, 2.05) is 0 Å². The lowest BCUT2D eigenvalue weighted by molar-refractivity contribution is -0.125. The first kappa shape index (κ1) is 24.2. The average Bonchev–Trinajstić information content (AvgIpc) is 3.51. The van der Waals surface area contributed by atoms with E-state index in [0.29, 0.717) is 30.5 Å². The molecule has 190 valence electrons. The Morgan fingerprint density at radius 1 is 1.08 bits per heavy atom. The first-order valence-electron chi connectivity index (χ1n) is 11.0. The maximum Gasteiger partial charge on any atom is 0.246 e. The number of ether oxygens (including phenoxy) is 1. The molecule has 0 radical (unpaired) electrons. The summed E-state index contributed by atoms with van der Waals surface area (Å²) in [5, 5.41) is 4.93. The number of likely N-dealkylation sites (tertiary alicyclic amines) is 1. The summed E-state index contributed by atoms with van der Waals surface area (Å²) < 4.78 is 76.8. The number of nitrogens with zero attached hydrogens (tertiary/aromatic N) is 4. The number of halogens is 5. The van der Waals surface area contributed by atoms with Crippen LogP contribution in [0.15, 0.2) is 49.2 Å². The molecule has 2 N–H and O–H groups in total. The van der Waals surface area contributed by atoms with Crippen molar-refractivity contribution in [3.05, 3.63) is 78.3 Å². The molecule has 1 aliphatic rings. The summed E-state index contributed by atoms with van der Waals surface area (Å²) in [6.45, 7) is 4.31. The number of nitrogen functional groups attached to an aromatic ring is 1. The minimum absolute atomic E-state index is 0.0285. The number of hydrogen-bond acceptors (Lipinski definition) is 5. The van der Waals surface area contributed by atoms with Crippen molar-refractivity contribution in [2.75, 3.05) is 18.8 Å². The molecule has 0 unspecified atom stereocenters. The van der Waals surface area contributed by atoms with E-state index >= 15 is 4.39 Å². The molecular weight excluding hydrogens is 497 g/mol. The standard InChI is InChI=1S/C25H18F5N5O2/c1-2-19(36)34-8-6-12(11-34)35-25-20(18(31)5-7-32-25)23(33-35)14-4-3-13(9-15(14)26)37-24-21(29)16(27)10-17(28)22(24)30/h2-5,7,9-10,12H,1,6,8,11H2,(H2,31,32)/t12-/m1/s1. The zero-order valence-electron chi connectivity index (χ0n) is 19.0. The van der Waals surface area contributed by atoms with Crippen LogP contribution in [0.2, 0.25) is 0 Å². The lowest BCUT2D eigenvalue weighted by Gasteiger charge is -2.14. The van der Waals surface area contributed by atoms with E-state index in [0.717, 1.165) is 12.1 Å². The number of carbonyl (C=O) groups is 1. The van der Waals surface area contributed by atoms with Gasteiger partial charge in [-0.25, -0.2) is 22.8 Å². The minimum Gasteiger partial charge on any atom is -0.451 e. The predicted molar refractivity (Wildman–Crippen MR) is 124 cm³/mol. The van der Waals surface area contributed by atoms with E-state index in [1.54, 1.807) is 9.58 Å². The van der Waals surface area contributed by atoms with Crippen LogP contribution in [0.3, 0.4) is 0 Å². The molecule has 1 saturated heterocycles. The van der Waals surface area contributed by atoms with Crippen molar-refractivity contribution >= 4 is 22.6 Å². The first-order valence-corrected chi connectivity index (χ1v) is 11.0. The largest absolute Gasteiger partial charge is 0.451 e. The van der Waals surface area contributed by atoms with Crippen molar-refractivity contribution in [1.82, 2.24) is 19.7 Å². The molecular formula is C25H18F5N5O2. The third kappa shape index (κ3) is 4.13. The number of pyridine rings is 1. The molecule has 7 nitrogen and oxygen atoms in total. The molecule has 3 heterocycles. The Bertz CT molecular complexity index is 1550. The van der Waals surface area contributed by atoms with Gasteiger partial charge in [0.15, 0.2) is 17.3 Å². The lowest BCUT2D eigenvalue weighted by atomic mass is 10.1. The quantitative estimate of drug-likeness (QED) is 0.226. The summed E-state index contributed by atoms with van der Waals surface area (Å²) in [7, 11) is 0. The van der Waals surface area contributed by atoms with Crippen molar-refractivity contribution in [3.63, 3.8) is 0 Å². The van der Waals surface area contributed by atoms with Crippen molar-refractivity contribution in [2.24, 2.45) is 0 Å². The maximum absolute atomic E-state index is 15.3. The van der Waals surface area contributed by atoms with Gasteiger partial charge >= 0.3 is 0 Å². The van der Waals surface area contributed by atoms with Crippen LogP contribution in [0.5, 0.6) is 11.5 Å². The Labute approximate surface area is 206 Å². The number of rotatable bonds is 5. The summed E-state index contributed by atoms with van der Waals surface area (Å²) in [6, 6.07) is 4.51. The van der Waals surface area contributed by atoms with E-state index in [4.69, 9.17) is 10.5 Å². The van der Waals surface area contributed by atoms with Crippen molar-refractivity contribution in [2.45, 2.75) is 12.5 Å². The fraction of sp³-hybridized carbons (Fsp3) is 0.160. The highest BCUT2D eigenvalue weighted by molar-refractivity contribution is 6.00. The Balaban J connectivity index is 1.54. The fourth-order valence-electron chi connectivity index (χ4n) is 4.31. The SMILES string of the molecule is C=CC(=O)N1CC[C@@H](n2nc(-c3ccc(Oc4c(F)c(F)cc(F)c4F)cc3F)c3c(N)ccnc32)C1. The third-order valence-electron chi connectivity index (χ3n) is 6.11. The summed E-state index contributed by atoms with van der Waals surface area (Å²) in [5.74, 6) is -9.71. The van der Waals surface area contributed by atoms with Gasteiger partial charge in [0.05, 0.1) is 11.4 Å². The van der Waals surface area contributed by atoms with Crippen molar-refractivity contribution < 1.29 is 31.5 Å². The molecule has 0 spiro atoms. The van der Waals surface area contributed by atoms with E-state index in [2.05, 4.69) is 16.7 Å². The van der Waals surface area contributed by atoms with Crippen molar-refractivity contribution in [3.8, 4) is 22.8 Å². The maximum atomic E-state index is 15.3. The Morgan fingerprint density at radius 3 is 2.49 bits per heavy atom. The molecule has 0 aliphatic carbocycles. The van der Waals surface area contributed by atoms with E-state index in [1.165, 1.54) is 24.4 Å². The average molecular weight is 515 g/mol. The van der Waals surface area contributed by atoms with E-state index in [9.17, 15) is 22.4 Å². The Morgan fingerprint density at radius 2 is 1.81 bits per heavy atom. The number of carbonyl (C=O) groups excluding carboxylic acids is 1. The monoisotopic (exact) mass is 515 g/mol. The topological polar surface area (TPSA) is 86.3 Å². The number of aromatic nitrogens is 3. The van der Waals surface area contributed by atoms with Crippen LogP contribution in [-0.4, -0.2) is 38.7 Å². The van der Waals surface area contributed by atoms with Gasteiger partial charge < -0.3 is 15.4 Å².